The number of aromatic nitrogens is 1. The lowest BCUT2D eigenvalue weighted by Gasteiger charge is -2.50. The fraction of sp³-hybridized carbons (Fsp3) is 0.783. The predicted molar refractivity (Wildman–Crippen MR) is 348 cm³/mol. The maximum Gasteiger partial charge on any atom is 0.342 e. The molecule has 1 aliphatic heterocycles. The van der Waals surface area contributed by atoms with Gasteiger partial charge in [-0.2, -0.15) is 0 Å². The maximum absolute atomic E-state index is 15.8. The first-order valence-electron chi connectivity index (χ1n) is 32.2. The number of rotatable bonds is 25. The van der Waals surface area contributed by atoms with E-state index < -0.39 is 58.6 Å². The van der Waals surface area contributed by atoms with E-state index in [9.17, 15) is 24.6 Å². The van der Waals surface area contributed by atoms with E-state index >= 15 is 14.4 Å². The molecule has 0 radical (unpaired) electrons. The number of aromatic amines is 1. The van der Waals surface area contributed by atoms with Crippen molar-refractivity contribution in [3.8, 4) is 0 Å². The Hall–Kier alpha value is -4.11. The van der Waals surface area contributed by atoms with Gasteiger partial charge in [0.25, 0.3) is 0 Å². The maximum atomic E-state index is 15.8. The molecule has 2 aliphatic carbocycles. The number of anilines is 1. The zero-order valence-electron chi connectivity index (χ0n) is 56.4. The van der Waals surface area contributed by atoms with Crippen LogP contribution in [0.2, 0.25) is 0 Å². The van der Waals surface area contributed by atoms with Gasteiger partial charge in [-0.3, -0.25) is 19.2 Å². The number of carbonyl (C=O) groups excluding carboxylic acids is 4. The minimum Gasteiger partial charge on any atom is -0.481 e. The number of amidine groups is 1. The van der Waals surface area contributed by atoms with Crippen molar-refractivity contribution in [1.82, 2.24) is 10.3 Å². The van der Waals surface area contributed by atoms with E-state index in [-0.39, 0.29) is 91.8 Å². The van der Waals surface area contributed by atoms with Gasteiger partial charge in [-0.1, -0.05) is 152 Å². The summed E-state index contributed by atoms with van der Waals surface area (Å²) in [6.45, 7) is 46.9. The minimum atomic E-state index is -1.20. The van der Waals surface area contributed by atoms with Gasteiger partial charge in [-0.15, -0.1) is 23.4 Å². The van der Waals surface area contributed by atoms with Crippen molar-refractivity contribution >= 4 is 76.8 Å². The second-order valence-electron chi connectivity index (χ2n) is 30.6. The highest BCUT2D eigenvalue weighted by Gasteiger charge is 2.51. The Bertz CT molecular complexity index is 2560. The summed E-state index contributed by atoms with van der Waals surface area (Å²) in [5, 5.41) is 24.5. The highest BCUT2D eigenvalue weighted by molar-refractivity contribution is 8.00. The number of halogens is 1. The number of esters is 2. The molecule has 0 saturated heterocycles. The van der Waals surface area contributed by atoms with Gasteiger partial charge in [0.05, 0.1) is 12.1 Å². The number of hydrogen-bond donors (Lipinski definition) is 5. The van der Waals surface area contributed by atoms with Crippen LogP contribution in [0.25, 0.3) is 6.08 Å². The Labute approximate surface area is 521 Å². The molecule has 2 amide bonds. The Balaban J connectivity index is 2.09. The van der Waals surface area contributed by atoms with Crippen LogP contribution < -0.4 is 10.6 Å². The minimum absolute atomic E-state index is 0.0225. The molecule has 14 nitrogen and oxygen atoms in total. The van der Waals surface area contributed by atoms with Crippen LogP contribution in [0.3, 0.4) is 0 Å². The van der Waals surface area contributed by atoms with E-state index in [1.54, 1.807) is 0 Å². The van der Waals surface area contributed by atoms with Crippen molar-refractivity contribution in [3.05, 3.63) is 33.7 Å². The second kappa shape index (κ2) is 29.5. The Morgan fingerprint density at radius 1 is 0.659 bits per heavy atom. The third-order valence-corrected chi connectivity index (χ3v) is 21.3. The van der Waals surface area contributed by atoms with Crippen LogP contribution in [0.1, 0.15) is 263 Å². The van der Waals surface area contributed by atoms with Crippen LogP contribution in [0, 0.1) is 73.9 Å². The first-order valence-corrected chi connectivity index (χ1v) is 33.7. The van der Waals surface area contributed by atoms with Crippen molar-refractivity contribution in [3.63, 3.8) is 0 Å². The van der Waals surface area contributed by atoms with Crippen molar-refractivity contribution in [2.24, 2.45) is 78.9 Å². The molecule has 1 aromatic rings. The number of ether oxygens (including phenoxy) is 2. The van der Waals surface area contributed by atoms with E-state index in [1.165, 1.54) is 0 Å². The van der Waals surface area contributed by atoms with Crippen molar-refractivity contribution in [2.75, 3.05) is 16.9 Å². The molecule has 0 bridgehead atoms. The lowest BCUT2D eigenvalue weighted by molar-refractivity contribution is -0.164. The average Bonchev–Trinajstić information content (AvgIpc) is 1.87. The summed E-state index contributed by atoms with van der Waals surface area (Å²) >= 11 is 7.32. The van der Waals surface area contributed by atoms with Gasteiger partial charge in [0.1, 0.15) is 40.2 Å². The van der Waals surface area contributed by atoms with Crippen LogP contribution in [-0.4, -0.2) is 85.8 Å². The molecule has 482 valence electrons. The fourth-order valence-corrected chi connectivity index (χ4v) is 15.4. The van der Waals surface area contributed by atoms with Crippen molar-refractivity contribution < 1.29 is 48.5 Å². The van der Waals surface area contributed by atoms with Crippen LogP contribution in [0.15, 0.2) is 21.8 Å². The molecular formula is C69H113ClN4O10S. The molecule has 4 rings (SSSR count). The number of carboxylic acid groups (broad SMARTS) is 2. The Morgan fingerprint density at radius 2 is 1.08 bits per heavy atom. The highest BCUT2D eigenvalue weighted by Crippen LogP contribution is 2.52. The number of carboxylic acids is 2. The molecule has 2 fully saturated rings. The quantitative estimate of drug-likeness (QED) is 0.0353. The molecule has 2 saturated carbocycles. The summed E-state index contributed by atoms with van der Waals surface area (Å²) < 4.78 is 14.0. The first-order chi connectivity index (χ1) is 39.2. The molecule has 16 heteroatoms. The fourth-order valence-electron chi connectivity index (χ4n) is 14.3. The average molecular weight is 1230 g/mol. The lowest BCUT2D eigenvalue weighted by atomic mass is 9.59. The molecular weight excluding hydrogens is 1110 g/mol. The molecule has 5 unspecified atom stereocenters. The number of thioether (sulfide) groups is 1. The summed E-state index contributed by atoms with van der Waals surface area (Å²) in [5.74, 6) is -2.83. The molecule has 3 aliphatic rings. The van der Waals surface area contributed by atoms with Gasteiger partial charge in [0.2, 0.25) is 11.8 Å². The highest BCUT2D eigenvalue weighted by atomic mass is 35.5. The number of carbonyl (C=O) groups is 6. The lowest BCUT2D eigenvalue weighted by Crippen LogP contribution is -2.50. The summed E-state index contributed by atoms with van der Waals surface area (Å²) in [7, 11) is 0. The number of aliphatic carboxylic acids is 2. The number of H-pyrrole nitrogens is 1. The Kier molecular flexibility index (Phi) is 25.4. The summed E-state index contributed by atoms with van der Waals surface area (Å²) in [5.41, 5.74) is -0.164. The number of nitrogens with one attached hydrogen (secondary N) is 3. The molecule has 2 heterocycles. The number of nitrogens with zero attached hydrogens (tertiary/aromatic N) is 1. The SMILES string of the molecule is CCC(CC)(CCCCl)C(=O)NC1=NC(=Cc2[nH]c(NC(=O)C(CC)(CC)CCCSC(CC(=O)O)C(=O)O)c(C(=O)OC3C(C(C)(C)C)CC(C)CC3C(C)(C)C)c2C(C)C)C(C(C)C)=C1C(=O)OC1C(C(C)(C)C)CC(C)CC1C(C)(C)C. The molecule has 0 aromatic carbocycles. The molecule has 0 spiro atoms. The van der Waals surface area contributed by atoms with E-state index in [4.69, 9.17) is 26.1 Å². The number of allylic oxidation sites excluding steroid dienone is 1. The standard InChI is InChI=1S/C69H113ClN4O10S/c1-23-68(24-2,29-27-31-70)62(81)73-57-53(60(79)83-55-43(64(11,12)13)33-41(9)34-44(55)65(14,15)16)51(39(5)6)47(71-57)37-48-52(40(7)8)54(61(80)84-56-45(66(17,18)19)35-42(10)36-46(56)67(20,21)22)58(72-48)74-63(82)69(25-3,26-4)30-28-32-85-49(59(77)78)38-50(75)76/h37,39-46,49,55-56,72H,23-36,38H2,1-22H3,(H,74,82)(H,75,76)(H,77,78)(H,71,73,81). The van der Waals surface area contributed by atoms with Crippen LogP contribution in [0.5, 0.6) is 0 Å². The summed E-state index contributed by atoms with van der Waals surface area (Å²) in [4.78, 5) is 93.9. The largest absolute Gasteiger partial charge is 0.481 e. The number of alkyl halides is 1. The van der Waals surface area contributed by atoms with Crippen LogP contribution >= 0.6 is 23.4 Å². The van der Waals surface area contributed by atoms with Crippen LogP contribution in [0.4, 0.5) is 5.82 Å². The van der Waals surface area contributed by atoms with Gasteiger partial charge in [-0.05, 0) is 145 Å². The summed E-state index contributed by atoms with van der Waals surface area (Å²) in [6.07, 6.45) is 7.86. The second-order valence-corrected chi connectivity index (χ2v) is 32.3. The van der Waals surface area contributed by atoms with Crippen LogP contribution in [-0.2, 0) is 33.4 Å². The first kappa shape index (κ1) is 73.4. The van der Waals surface area contributed by atoms with Gasteiger partial charge in [0.15, 0.2) is 0 Å². The molecule has 85 heavy (non-hydrogen) atoms. The molecule has 1 aromatic heterocycles. The molecule has 5 N–H and O–H groups in total. The normalized spacial score (nSPS) is 23.7. The van der Waals surface area contributed by atoms with E-state index in [0.717, 1.165) is 37.4 Å². The van der Waals surface area contributed by atoms with Gasteiger partial charge in [0, 0.05) is 46.1 Å². The number of aliphatic imine (C=N–C) groups is 1. The zero-order chi connectivity index (χ0) is 64.7. The third kappa shape index (κ3) is 17.8. The van der Waals surface area contributed by atoms with Crippen molar-refractivity contribution in [2.45, 2.75) is 259 Å². The predicted octanol–water partition coefficient (Wildman–Crippen LogP) is 16.9. The van der Waals surface area contributed by atoms with E-state index in [2.05, 4.69) is 113 Å². The topological polar surface area (TPSA) is 214 Å². The number of amides is 2. The van der Waals surface area contributed by atoms with Gasteiger partial charge < -0.3 is 35.3 Å². The smallest absolute Gasteiger partial charge is 0.342 e. The van der Waals surface area contributed by atoms with E-state index in [1.807, 2.05) is 61.5 Å². The third-order valence-electron chi connectivity index (χ3n) is 19.8. The Morgan fingerprint density at radius 3 is 1.46 bits per heavy atom. The summed E-state index contributed by atoms with van der Waals surface area (Å²) in [6, 6.07) is 0. The van der Waals surface area contributed by atoms with E-state index in [0.29, 0.717) is 97.4 Å². The zero-order valence-corrected chi connectivity index (χ0v) is 58.0. The monoisotopic (exact) mass is 1220 g/mol. The molecule has 5 atom stereocenters. The number of hydrogen-bond acceptors (Lipinski definition) is 10. The van der Waals surface area contributed by atoms with Gasteiger partial charge >= 0.3 is 23.9 Å². The van der Waals surface area contributed by atoms with Gasteiger partial charge in [-0.25, -0.2) is 14.6 Å². The van der Waals surface area contributed by atoms with Crippen molar-refractivity contribution in [1.29, 1.82) is 0 Å².